The van der Waals surface area contributed by atoms with Gasteiger partial charge in [0.15, 0.2) is 5.82 Å². The maximum atomic E-state index is 13.0. The molecule has 3 aromatic rings. The van der Waals surface area contributed by atoms with Crippen molar-refractivity contribution in [3.8, 4) is 11.4 Å². The third kappa shape index (κ3) is 3.53. The van der Waals surface area contributed by atoms with Crippen LogP contribution in [0.2, 0.25) is 0 Å². The number of benzene rings is 2. The zero-order valence-corrected chi connectivity index (χ0v) is 15.9. The summed E-state index contributed by atoms with van der Waals surface area (Å²) in [6.45, 7) is 4.78. The maximum Gasteiger partial charge on any atom is 0.254 e. The molecule has 2 aromatic carbocycles. The summed E-state index contributed by atoms with van der Waals surface area (Å²) in [5.74, 6) is 1.55. The summed E-state index contributed by atoms with van der Waals surface area (Å²) in [5.41, 5.74) is 2.57. The van der Waals surface area contributed by atoms with E-state index in [1.165, 1.54) is 0 Å². The minimum absolute atomic E-state index is 0.0296. The number of carbonyl (C=O) groups excluding carboxylic acids is 1. The quantitative estimate of drug-likeness (QED) is 0.691. The molecule has 8 heteroatoms. The Kier molecular flexibility index (Phi) is 4.92. The SMILES string of the molecule is COc1ccc(N2CCN(C(=O)c3cccc(-n4nnnc4C)c3)CC2)cc1. The van der Waals surface area contributed by atoms with E-state index in [9.17, 15) is 4.79 Å². The molecule has 0 N–H and O–H groups in total. The van der Waals surface area contributed by atoms with E-state index in [4.69, 9.17) is 4.74 Å². The minimum atomic E-state index is 0.0296. The molecule has 144 valence electrons. The van der Waals surface area contributed by atoms with E-state index in [2.05, 4.69) is 20.4 Å². The minimum Gasteiger partial charge on any atom is -0.497 e. The van der Waals surface area contributed by atoms with E-state index in [1.807, 2.05) is 60.4 Å². The standard InChI is InChI=1S/C20H22N6O2/c1-15-21-22-23-26(15)18-5-3-4-16(14-18)20(27)25-12-10-24(11-13-25)17-6-8-19(28-2)9-7-17/h3-9,14H,10-13H2,1-2H3. The Labute approximate surface area is 163 Å². The van der Waals surface area contributed by atoms with Gasteiger partial charge in [-0.3, -0.25) is 4.79 Å². The molecule has 1 aliphatic rings. The molecule has 0 radical (unpaired) electrons. The van der Waals surface area contributed by atoms with Crippen LogP contribution >= 0.6 is 0 Å². The largest absolute Gasteiger partial charge is 0.497 e. The van der Waals surface area contributed by atoms with Crippen LogP contribution in [0.1, 0.15) is 16.2 Å². The van der Waals surface area contributed by atoms with Crippen LogP contribution in [0, 0.1) is 6.92 Å². The number of anilines is 1. The second-order valence-corrected chi connectivity index (χ2v) is 6.67. The molecule has 1 saturated heterocycles. The summed E-state index contributed by atoms with van der Waals surface area (Å²) in [7, 11) is 1.66. The fraction of sp³-hybridized carbons (Fsp3) is 0.300. The van der Waals surface area contributed by atoms with Crippen molar-refractivity contribution in [3.63, 3.8) is 0 Å². The Balaban J connectivity index is 1.43. The summed E-state index contributed by atoms with van der Waals surface area (Å²) in [5, 5.41) is 11.5. The summed E-state index contributed by atoms with van der Waals surface area (Å²) < 4.78 is 6.84. The van der Waals surface area contributed by atoms with Crippen molar-refractivity contribution in [2.75, 3.05) is 38.2 Å². The Hall–Kier alpha value is -3.42. The fourth-order valence-corrected chi connectivity index (χ4v) is 3.38. The summed E-state index contributed by atoms with van der Waals surface area (Å²) >= 11 is 0. The lowest BCUT2D eigenvalue weighted by Crippen LogP contribution is -2.48. The van der Waals surface area contributed by atoms with Crippen LogP contribution in [0.4, 0.5) is 5.69 Å². The molecule has 0 unspecified atom stereocenters. The number of aryl methyl sites for hydroxylation is 1. The number of nitrogens with zero attached hydrogens (tertiary/aromatic N) is 6. The van der Waals surface area contributed by atoms with Gasteiger partial charge in [0.2, 0.25) is 0 Å². The molecule has 28 heavy (non-hydrogen) atoms. The van der Waals surface area contributed by atoms with Crippen molar-refractivity contribution >= 4 is 11.6 Å². The monoisotopic (exact) mass is 378 g/mol. The van der Waals surface area contributed by atoms with E-state index < -0.39 is 0 Å². The highest BCUT2D eigenvalue weighted by atomic mass is 16.5. The molecule has 1 aromatic heterocycles. The van der Waals surface area contributed by atoms with Gasteiger partial charge in [0.1, 0.15) is 5.75 Å². The van der Waals surface area contributed by atoms with Crippen molar-refractivity contribution in [2.45, 2.75) is 6.92 Å². The Bertz CT molecular complexity index is 961. The maximum absolute atomic E-state index is 13.0. The van der Waals surface area contributed by atoms with Crippen molar-refractivity contribution in [3.05, 3.63) is 59.9 Å². The van der Waals surface area contributed by atoms with Crippen LogP contribution in [0.3, 0.4) is 0 Å². The normalized spacial score (nSPS) is 14.2. The third-order valence-electron chi connectivity index (χ3n) is 4.97. The van der Waals surface area contributed by atoms with Crippen LogP contribution in [-0.2, 0) is 0 Å². The van der Waals surface area contributed by atoms with E-state index in [0.29, 0.717) is 24.5 Å². The molecular weight excluding hydrogens is 356 g/mol. The van der Waals surface area contributed by atoms with Crippen molar-refractivity contribution in [1.29, 1.82) is 0 Å². The van der Waals surface area contributed by atoms with Gasteiger partial charge >= 0.3 is 0 Å². The molecule has 1 amide bonds. The molecule has 0 atom stereocenters. The number of piperazine rings is 1. The summed E-state index contributed by atoms with van der Waals surface area (Å²) in [6.07, 6.45) is 0. The first-order valence-electron chi connectivity index (χ1n) is 9.19. The number of amides is 1. The van der Waals surface area contributed by atoms with Gasteiger partial charge in [-0.15, -0.1) is 5.10 Å². The first-order chi connectivity index (χ1) is 13.7. The van der Waals surface area contributed by atoms with Crippen molar-refractivity contribution < 1.29 is 9.53 Å². The van der Waals surface area contributed by atoms with Gasteiger partial charge in [-0.25, -0.2) is 0 Å². The van der Waals surface area contributed by atoms with Crippen LogP contribution < -0.4 is 9.64 Å². The fourth-order valence-electron chi connectivity index (χ4n) is 3.38. The van der Waals surface area contributed by atoms with Gasteiger partial charge < -0.3 is 14.5 Å². The predicted octanol–water partition coefficient (Wildman–Crippen LogP) is 1.94. The zero-order valence-electron chi connectivity index (χ0n) is 15.9. The number of aromatic nitrogens is 4. The second kappa shape index (κ2) is 7.67. The Morgan fingerprint density at radius 3 is 2.39 bits per heavy atom. The highest BCUT2D eigenvalue weighted by Gasteiger charge is 2.22. The number of tetrazole rings is 1. The predicted molar refractivity (Wildman–Crippen MR) is 105 cm³/mol. The molecule has 0 bridgehead atoms. The lowest BCUT2D eigenvalue weighted by molar-refractivity contribution is 0.0746. The molecule has 4 rings (SSSR count). The first kappa shape index (κ1) is 18.0. The van der Waals surface area contributed by atoms with Gasteiger partial charge in [0.25, 0.3) is 5.91 Å². The zero-order chi connectivity index (χ0) is 19.5. The van der Waals surface area contributed by atoms with Gasteiger partial charge in [-0.1, -0.05) is 6.07 Å². The van der Waals surface area contributed by atoms with Crippen LogP contribution in [0.15, 0.2) is 48.5 Å². The van der Waals surface area contributed by atoms with E-state index >= 15 is 0 Å². The number of hydrogen-bond donors (Lipinski definition) is 0. The van der Waals surface area contributed by atoms with E-state index in [-0.39, 0.29) is 5.91 Å². The van der Waals surface area contributed by atoms with Gasteiger partial charge in [-0.2, -0.15) is 4.68 Å². The molecular formula is C20H22N6O2. The smallest absolute Gasteiger partial charge is 0.254 e. The number of ether oxygens (including phenoxy) is 1. The number of methoxy groups -OCH3 is 1. The summed E-state index contributed by atoms with van der Waals surface area (Å²) in [4.78, 5) is 17.1. The van der Waals surface area contributed by atoms with Gasteiger partial charge in [-0.05, 0) is 59.8 Å². The van der Waals surface area contributed by atoms with Crippen LogP contribution in [-0.4, -0.2) is 64.3 Å². The number of hydrogen-bond acceptors (Lipinski definition) is 6. The van der Waals surface area contributed by atoms with Gasteiger partial charge in [0, 0.05) is 37.4 Å². The molecule has 8 nitrogen and oxygen atoms in total. The lowest BCUT2D eigenvalue weighted by atomic mass is 10.1. The topological polar surface area (TPSA) is 76.4 Å². The van der Waals surface area contributed by atoms with E-state index in [1.54, 1.807) is 11.8 Å². The highest BCUT2D eigenvalue weighted by molar-refractivity contribution is 5.95. The Morgan fingerprint density at radius 2 is 1.75 bits per heavy atom. The molecule has 0 aliphatic carbocycles. The average Bonchev–Trinajstić information content (AvgIpc) is 3.19. The van der Waals surface area contributed by atoms with Crippen LogP contribution in [0.5, 0.6) is 5.75 Å². The molecule has 0 saturated carbocycles. The lowest BCUT2D eigenvalue weighted by Gasteiger charge is -2.36. The first-order valence-corrected chi connectivity index (χ1v) is 9.19. The second-order valence-electron chi connectivity index (χ2n) is 6.67. The Morgan fingerprint density at radius 1 is 1.00 bits per heavy atom. The highest BCUT2D eigenvalue weighted by Crippen LogP contribution is 2.21. The summed E-state index contributed by atoms with van der Waals surface area (Å²) in [6, 6.07) is 15.4. The van der Waals surface area contributed by atoms with Crippen molar-refractivity contribution in [2.24, 2.45) is 0 Å². The molecule has 0 spiro atoms. The van der Waals surface area contributed by atoms with E-state index in [0.717, 1.165) is 30.2 Å². The molecule has 2 heterocycles. The third-order valence-corrected chi connectivity index (χ3v) is 4.97. The van der Waals surface area contributed by atoms with Crippen LogP contribution in [0.25, 0.3) is 5.69 Å². The number of rotatable bonds is 4. The van der Waals surface area contributed by atoms with Gasteiger partial charge in [0.05, 0.1) is 12.8 Å². The van der Waals surface area contributed by atoms with Crippen molar-refractivity contribution in [1.82, 2.24) is 25.1 Å². The number of carbonyl (C=O) groups is 1. The molecule has 1 fully saturated rings. The average molecular weight is 378 g/mol. The molecule has 1 aliphatic heterocycles.